The van der Waals surface area contributed by atoms with Gasteiger partial charge in [-0.1, -0.05) is 36.4 Å². The molecule has 6 aromatic rings. The summed E-state index contributed by atoms with van der Waals surface area (Å²) >= 11 is 0. The second kappa shape index (κ2) is 5.68. The zero-order chi connectivity index (χ0) is 18.5. The van der Waals surface area contributed by atoms with Crippen LogP contribution in [0.15, 0.2) is 79.6 Å². The van der Waals surface area contributed by atoms with Gasteiger partial charge in [-0.05, 0) is 18.2 Å². The van der Waals surface area contributed by atoms with Crippen molar-refractivity contribution in [2.75, 3.05) is 5.32 Å². The molecule has 2 aromatic carbocycles. The fourth-order valence-corrected chi connectivity index (χ4v) is 3.63. The molecule has 0 atom stereocenters. The van der Waals surface area contributed by atoms with E-state index in [0.29, 0.717) is 11.3 Å². The second-order valence-corrected chi connectivity index (χ2v) is 6.58. The van der Waals surface area contributed by atoms with Crippen LogP contribution in [0, 0.1) is 0 Å². The summed E-state index contributed by atoms with van der Waals surface area (Å²) in [5, 5.41) is 5.66. The molecule has 0 aliphatic rings. The van der Waals surface area contributed by atoms with E-state index in [9.17, 15) is 0 Å². The number of imidazole rings is 1. The van der Waals surface area contributed by atoms with Crippen molar-refractivity contribution < 1.29 is 0 Å². The third-order valence-electron chi connectivity index (χ3n) is 4.97. The Labute approximate surface area is 159 Å². The number of aromatic nitrogens is 6. The van der Waals surface area contributed by atoms with Gasteiger partial charge in [0.2, 0.25) is 0 Å². The van der Waals surface area contributed by atoms with Gasteiger partial charge in [-0.2, -0.15) is 0 Å². The minimum Gasteiger partial charge on any atom is -0.359 e. The summed E-state index contributed by atoms with van der Waals surface area (Å²) in [4.78, 5) is 16.8. The van der Waals surface area contributed by atoms with Gasteiger partial charge in [-0.3, -0.25) is 4.68 Å². The molecular formula is C21H15N7. The molecule has 0 spiro atoms. The van der Waals surface area contributed by atoms with Gasteiger partial charge in [0.1, 0.15) is 12.7 Å². The fraction of sp³-hybridized carbons (Fsp3) is 0. The third-order valence-corrected chi connectivity index (χ3v) is 4.97. The van der Waals surface area contributed by atoms with Gasteiger partial charge in [-0.25, -0.2) is 19.6 Å². The van der Waals surface area contributed by atoms with Crippen molar-refractivity contribution in [2.24, 2.45) is 0 Å². The summed E-state index contributed by atoms with van der Waals surface area (Å²) in [6.45, 7) is 0. The molecule has 7 nitrogen and oxygen atoms in total. The number of benzene rings is 2. The largest absolute Gasteiger partial charge is 0.359 e. The fourth-order valence-electron chi connectivity index (χ4n) is 3.63. The molecule has 4 aromatic heterocycles. The number of aromatic amines is 1. The minimum absolute atomic E-state index is 0.671. The van der Waals surface area contributed by atoms with Gasteiger partial charge in [0, 0.05) is 28.7 Å². The summed E-state index contributed by atoms with van der Waals surface area (Å²) in [5.74, 6) is 0.671. The molecule has 0 radical (unpaired) electrons. The standard InChI is InChI=1S/C21H15N7/c1-4-8-18-14(5-1)9-10-27(18)28-13-25-19-20(23-12-24-21(19)28)26-17-11-22-16-7-3-2-6-15(16)17/h1-13,22H,(H,23,24,26). The van der Waals surface area contributed by atoms with E-state index in [0.717, 1.165) is 33.1 Å². The Bertz CT molecular complexity index is 1450. The van der Waals surface area contributed by atoms with Crippen LogP contribution < -0.4 is 5.32 Å². The highest BCUT2D eigenvalue weighted by molar-refractivity contribution is 5.96. The SMILES string of the molecule is c1ccc2c(c1)ccn2-n1cnc2c(Nc3c[nH]c4ccccc34)ncnc21. The molecule has 0 aliphatic carbocycles. The van der Waals surface area contributed by atoms with Crippen molar-refractivity contribution in [1.82, 2.24) is 29.3 Å². The van der Waals surface area contributed by atoms with Crippen molar-refractivity contribution in [3.63, 3.8) is 0 Å². The lowest BCUT2D eigenvalue weighted by atomic mass is 10.2. The Morgan fingerprint density at radius 2 is 1.75 bits per heavy atom. The highest BCUT2D eigenvalue weighted by Crippen LogP contribution is 2.28. The number of rotatable bonds is 3. The molecular weight excluding hydrogens is 350 g/mol. The number of hydrogen-bond acceptors (Lipinski definition) is 4. The first kappa shape index (κ1) is 15.0. The van der Waals surface area contributed by atoms with Crippen molar-refractivity contribution in [3.8, 4) is 0 Å². The average Bonchev–Trinajstić information content (AvgIpc) is 3.45. The van der Waals surface area contributed by atoms with Gasteiger partial charge >= 0.3 is 0 Å². The Morgan fingerprint density at radius 3 is 2.75 bits per heavy atom. The Morgan fingerprint density at radius 1 is 0.857 bits per heavy atom. The molecule has 0 fully saturated rings. The first-order chi connectivity index (χ1) is 13.9. The highest BCUT2D eigenvalue weighted by Gasteiger charge is 2.14. The first-order valence-corrected chi connectivity index (χ1v) is 8.96. The van der Waals surface area contributed by atoms with Crippen LogP contribution in [0.3, 0.4) is 0 Å². The van der Waals surface area contributed by atoms with Crippen LogP contribution in [0.2, 0.25) is 0 Å². The maximum absolute atomic E-state index is 4.59. The predicted octanol–water partition coefficient (Wildman–Crippen LogP) is 4.32. The van der Waals surface area contributed by atoms with Gasteiger partial charge in [-0.15, -0.1) is 0 Å². The van der Waals surface area contributed by atoms with Gasteiger partial charge in [0.25, 0.3) is 0 Å². The lowest BCUT2D eigenvalue weighted by Crippen LogP contribution is -2.07. The summed E-state index contributed by atoms with van der Waals surface area (Å²) in [5.41, 5.74) is 4.56. The van der Waals surface area contributed by atoms with E-state index in [1.54, 1.807) is 12.7 Å². The Balaban J connectivity index is 1.49. The third kappa shape index (κ3) is 2.13. The maximum atomic E-state index is 4.59. The van der Waals surface area contributed by atoms with Crippen molar-refractivity contribution in [2.45, 2.75) is 0 Å². The smallest absolute Gasteiger partial charge is 0.184 e. The predicted molar refractivity (Wildman–Crippen MR) is 110 cm³/mol. The average molecular weight is 365 g/mol. The maximum Gasteiger partial charge on any atom is 0.184 e. The molecule has 7 heteroatoms. The van der Waals surface area contributed by atoms with Gasteiger partial charge < -0.3 is 10.3 Å². The highest BCUT2D eigenvalue weighted by atomic mass is 15.5. The number of H-pyrrole nitrogens is 1. The topological polar surface area (TPSA) is 76.3 Å². The van der Waals surface area contributed by atoms with Gasteiger partial charge in [0.05, 0.1) is 11.2 Å². The number of nitrogens with one attached hydrogen (secondary N) is 2. The lowest BCUT2D eigenvalue weighted by molar-refractivity contribution is 0.702. The van der Waals surface area contributed by atoms with Crippen LogP contribution in [0.25, 0.3) is 33.0 Å². The van der Waals surface area contributed by atoms with E-state index < -0.39 is 0 Å². The zero-order valence-electron chi connectivity index (χ0n) is 14.7. The van der Waals surface area contributed by atoms with E-state index in [-0.39, 0.29) is 0 Å². The Hall–Kier alpha value is -4.13. The number of hydrogen-bond donors (Lipinski definition) is 2. The second-order valence-electron chi connectivity index (χ2n) is 6.58. The molecule has 28 heavy (non-hydrogen) atoms. The van der Waals surface area contributed by atoms with Crippen LogP contribution in [-0.2, 0) is 0 Å². The lowest BCUT2D eigenvalue weighted by Gasteiger charge is -2.08. The Kier molecular flexibility index (Phi) is 3.04. The van der Waals surface area contributed by atoms with Gasteiger partial charge in [0.15, 0.2) is 17.0 Å². The summed E-state index contributed by atoms with van der Waals surface area (Å²) in [6.07, 6.45) is 7.28. The molecule has 0 aliphatic heterocycles. The quantitative estimate of drug-likeness (QED) is 0.490. The van der Waals surface area contributed by atoms with Crippen LogP contribution in [0.5, 0.6) is 0 Å². The number of nitrogens with zero attached hydrogens (tertiary/aromatic N) is 5. The molecule has 0 bridgehead atoms. The summed E-state index contributed by atoms with van der Waals surface area (Å²) < 4.78 is 3.97. The number of fused-ring (bicyclic) bond motifs is 3. The van der Waals surface area contributed by atoms with E-state index in [1.807, 2.05) is 52.1 Å². The van der Waals surface area contributed by atoms with Crippen molar-refractivity contribution in [1.29, 1.82) is 0 Å². The summed E-state index contributed by atoms with van der Waals surface area (Å²) in [6, 6.07) is 18.4. The van der Waals surface area contributed by atoms with Crippen molar-refractivity contribution >= 4 is 44.5 Å². The molecule has 2 N–H and O–H groups in total. The monoisotopic (exact) mass is 365 g/mol. The van der Waals surface area contributed by atoms with E-state index in [4.69, 9.17) is 0 Å². The molecule has 4 heterocycles. The summed E-state index contributed by atoms with van der Waals surface area (Å²) in [7, 11) is 0. The van der Waals surface area contributed by atoms with Crippen LogP contribution in [-0.4, -0.2) is 29.3 Å². The molecule has 0 saturated carbocycles. The first-order valence-electron chi connectivity index (χ1n) is 8.96. The van der Waals surface area contributed by atoms with Crippen molar-refractivity contribution in [3.05, 3.63) is 79.6 Å². The van der Waals surface area contributed by atoms with Crippen LogP contribution in [0.1, 0.15) is 0 Å². The van der Waals surface area contributed by atoms with E-state index >= 15 is 0 Å². The van der Waals surface area contributed by atoms with Crippen LogP contribution >= 0.6 is 0 Å². The molecule has 0 unspecified atom stereocenters. The van der Waals surface area contributed by atoms with Crippen LogP contribution in [0.4, 0.5) is 11.5 Å². The normalized spacial score (nSPS) is 11.6. The molecule has 0 amide bonds. The van der Waals surface area contributed by atoms with E-state index in [1.165, 1.54) is 0 Å². The molecule has 6 rings (SSSR count). The van der Waals surface area contributed by atoms with E-state index in [2.05, 4.69) is 49.5 Å². The number of para-hydroxylation sites is 2. The molecule has 0 saturated heterocycles. The minimum atomic E-state index is 0.671. The molecule has 134 valence electrons. The number of anilines is 2. The zero-order valence-corrected chi connectivity index (χ0v) is 14.7.